The molecule has 1 heterocycles. The van der Waals surface area contributed by atoms with Crippen molar-refractivity contribution in [3.05, 3.63) is 46.3 Å². The van der Waals surface area contributed by atoms with E-state index in [1.165, 1.54) is 0 Å². The number of fused-ring (bicyclic) bond motifs is 1. The molecular weight excluding hydrogens is 266 g/mol. The topological polar surface area (TPSA) is 68.1 Å². The van der Waals surface area contributed by atoms with Crippen LogP contribution in [0.2, 0.25) is 0 Å². The Labute approximate surface area is 124 Å². The first-order chi connectivity index (χ1) is 10.2. The summed E-state index contributed by atoms with van der Waals surface area (Å²) in [5, 5.41) is 16.2. The highest BCUT2D eigenvalue weighted by atomic mass is 16.6. The maximum atomic E-state index is 11.1. The van der Waals surface area contributed by atoms with Crippen molar-refractivity contribution in [1.82, 2.24) is 10.3 Å². The van der Waals surface area contributed by atoms with Crippen LogP contribution in [0.1, 0.15) is 32.3 Å². The Morgan fingerprint density at radius 1 is 1.29 bits per heavy atom. The van der Waals surface area contributed by atoms with Gasteiger partial charge in [-0.2, -0.15) is 0 Å². The Bertz CT molecular complexity index is 628. The van der Waals surface area contributed by atoms with Crippen LogP contribution in [0.25, 0.3) is 10.8 Å². The molecule has 0 aliphatic heterocycles. The van der Waals surface area contributed by atoms with Crippen molar-refractivity contribution in [3.8, 4) is 0 Å². The zero-order valence-electron chi connectivity index (χ0n) is 12.5. The number of non-ortho nitro benzene ring substituents is 1. The van der Waals surface area contributed by atoms with Gasteiger partial charge in [-0.3, -0.25) is 15.1 Å². The minimum Gasteiger partial charge on any atom is -0.314 e. The van der Waals surface area contributed by atoms with Crippen molar-refractivity contribution in [2.24, 2.45) is 0 Å². The van der Waals surface area contributed by atoms with Crippen LogP contribution in [0.4, 0.5) is 5.69 Å². The zero-order valence-corrected chi connectivity index (χ0v) is 12.5. The van der Waals surface area contributed by atoms with Crippen LogP contribution < -0.4 is 5.32 Å². The van der Waals surface area contributed by atoms with Gasteiger partial charge in [0.2, 0.25) is 0 Å². The van der Waals surface area contributed by atoms with Gasteiger partial charge in [-0.05, 0) is 42.8 Å². The standard InChI is InChI=1S/C16H21N3O2/c1-3-8-18-13(4-2)10-12-5-6-16(19(20)21)15-11-17-9-7-14(12)15/h5-7,9,11,13,18H,3-4,8,10H2,1-2H3. The van der Waals surface area contributed by atoms with Crippen molar-refractivity contribution < 1.29 is 4.92 Å². The molecule has 0 aliphatic rings. The van der Waals surface area contributed by atoms with E-state index in [4.69, 9.17) is 0 Å². The molecule has 112 valence electrons. The lowest BCUT2D eigenvalue weighted by Gasteiger charge is -2.17. The fourth-order valence-corrected chi connectivity index (χ4v) is 2.55. The van der Waals surface area contributed by atoms with E-state index < -0.39 is 0 Å². The Balaban J connectivity index is 2.36. The average Bonchev–Trinajstić information content (AvgIpc) is 2.51. The third-order valence-corrected chi connectivity index (χ3v) is 3.72. The quantitative estimate of drug-likeness (QED) is 0.625. The fourth-order valence-electron chi connectivity index (χ4n) is 2.55. The van der Waals surface area contributed by atoms with Gasteiger partial charge in [-0.25, -0.2) is 0 Å². The van der Waals surface area contributed by atoms with Crippen LogP contribution in [-0.2, 0) is 6.42 Å². The number of nitro groups is 1. The molecule has 0 amide bonds. The summed E-state index contributed by atoms with van der Waals surface area (Å²) in [6.07, 6.45) is 6.27. The first-order valence-corrected chi connectivity index (χ1v) is 7.40. The van der Waals surface area contributed by atoms with Crippen LogP contribution in [0, 0.1) is 10.1 Å². The second kappa shape index (κ2) is 7.13. The number of nitrogens with zero attached hydrogens (tertiary/aromatic N) is 2. The summed E-state index contributed by atoms with van der Waals surface area (Å²) in [6.45, 7) is 5.29. The van der Waals surface area contributed by atoms with Gasteiger partial charge in [-0.1, -0.05) is 19.9 Å². The van der Waals surface area contributed by atoms with Crippen LogP contribution in [0.5, 0.6) is 0 Å². The SMILES string of the molecule is CCCNC(CC)Cc1ccc([N+](=O)[O-])c2cnccc12. The van der Waals surface area contributed by atoms with Gasteiger partial charge in [0.1, 0.15) is 0 Å². The smallest absolute Gasteiger partial charge is 0.278 e. The lowest BCUT2D eigenvalue weighted by atomic mass is 9.97. The molecule has 0 bridgehead atoms. The minimum atomic E-state index is -0.347. The Kier molecular flexibility index (Phi) is 5.22. The molecule has 5 nitrogen and oxygen atoms in total. The molecular formula is C16H21N3O2. The lowest BCUT2D eigenvalue weighted by molar-refractivity contribution is -0.383. The van der Waals surface area contributed by atoms with E-state index in [9.17, 15) is 10.1 Å². The second-order valence-corrected chi connectivity index (χ2v) is 5.19. The number of pyridine rings is 1. The minimum absolute atomic E-state index is 0.122. The molecule has 1 N–H and O–H groups in total. The molecule has 2 rings (SSSR count). The maximum Gasteiger partial charge on any atom is 0.278 e. The fraction of sp³-hybridized carbons (Fsp3) is 0.438. The molecule has 1 aromatic carbocycles. The molecule has 0 aliphatic carbocycles. The first kappa shape index (κ1) is 15.4. The molecule has 0 saturated heterocycles. The number of benzene rings is 1. The van der Waals surface area contributed by atoms with Crippen molar-refractivity contribution in [2.75, 3.05) is 6.54 Å². The van der Waals surface area contributed by atoms with E-state index in [2.05, 4.69) is 24.1 Å². The molecule has 1 atom stereocenters. The molecule has 0 fully saturated rings. The van der Waals surface area contributed by atoms with E-state index in [1.54, 1.807) is 18.5 Å². The number of nitro benzene ring substituents is 1. The summed E-state index contributed by atoms with van der Waals surface area (Å²) in [5.74, 6) is 0. The first-order valence-electron chi connectivity index (χ1n) is 7.40. The van der Waals surface area contributed by atoms with E-state index in [-0.39, 0.29) is 10.6 Å². The van der Waals surface area contributed by atoms with E-state index in [0.717, 1.165) is 36.8 Å². The Morgan fingerprint density at radius 3 is 2.76 bits per heavy atom. The van der Waals surface area contributed by atoms with E-state index >= 15 is 0 Å². The van der Waals surface area contributed by atoms with Gasteiger partial charge < -0.3 is 5.32 Å². The summed E-state index contributed by atoms with van der Waals surface area (Å²) in [6, 6.07) is 5.72. The summed E-state index contributed by atoms with van der Waals surface area (Å²) < 4.78 is 0. The predicted molar refractivity (Wildman–Crippen MR) is 84.5 cm³/mol. The number of rotatable bonds is 7. The van der Waals surface area contributed by atoms with E-state index in [1.807, 2.05) is 12.1 Å². The molecule has 0 radical (unpaired) electrons. The number of hydrogen-bond acceptors (Lipinski definition) is 4. The molecule has 5 heteroatoms. The number of aromatic nitrogens is 1. The molecule has 1 aromatic heterocycles. The molecule has 21 heavy (non-hydrogen) atoms. The van der Waals surface area contributed by atoms with Gasteiger partial charge in [0, 0.05) is 24.5 Å². The Morgan fingerprint density at radius 2 is 2.10 bits per heavy atom. The van der Waals surface area contributed by atoms with Gasteiger partial charge in [0.25, 0.3) is 5.69 Å². The third-order valence-electron chi connectivity index (χ3n) is 3.72. The monoisotopic (exact) mass is 287 g/mol. The average molecular weight is 287 g/mol. The Hall–Kier alpha value is -2.01. The van der Waals surface area contributed by atoms with Crippen molar-refractivity contribution in [3.63, 3.8) is 0 Å². The van der Waals surface area contributed by atoms with Crippen LogP contribution >= 0.6 is 0 Å². The molecule has 0 spiro atoms. The normalized spacial score (nSPS) is 12.5. The largest absolute Gasteiger partial charge is 0.314 e. The van der Waals surface area contributed by atoms with Gasteiger partial charge in [-0.15, -0.1) is 0 Å². The highest BCUT2D eigenvalue weighted by Crippen LogP contribution is 2.28. The highest BCUT2D eigenvalue weighted by Gasteiger charge is 2.16. The van der Waals surface area contributed by atoms with Crippen molar-refractivity contribution >= 4 is 16.5 Å². The highest BCUT2D eigenvalue weighted by molar-refractivity contribution is 5.92. The zero-order chi connectivity index (χ0) is 15.2. The number of hydrogen-bond donors (Lipinski definition) is 1. The predicted octanol–water partition coefficient (Wildman–Crippen LogP) is 3.46. The van der Waals surface area contributed by atoms with E-state index in [0.29, 0.717) is 11.4 Å². The van der Waals surface area contributed by atoms with Crippen molar-refractivity contribution in [2.45, 2.75) is 39.2 Å². The second-order valence-electron chi connectivity index (χ2n) is 5.19. The summed E-state index contributed by atoms with van der Waals surface area (Å²) in [4.78, 5) is 14.8. The third kappa shape index (κ3) is 3.55. The van der Waals surface area contributed by atoms with Crippen LogP contribution in [0.3, 0.4) is 0 Å². The maximum absolute atomic E-state index is 11.1. The molecule has 1 unspecified atom stereocenters. The number of nitrogens with one attached hydrogen (secondary N) is 1. The lowest BCUT2D eigenvalue weighted by Crippen LogP contribution is -2.31. The van der Waals surface area contributed by atoms with Gasteiger partial charge in [0.05, 0.1) is 10.3 Å². The summed E-state index contributed by atoms with van der Waals surface area (Å²) in [5.41, 5.74) is 1.25. The van der Waals surface area contributed by atoms with Crippen LogP contribution in [-0.4, -0.2) is 22.5 Å². The van der Waals surface area contributed by atoms with Crippen molar-refractivity contribution in [1.29, 1.82) is 0 Å². The summed E-state index contributed by atoms with van der Waals surface area (Å²) in [7, 11) is 0. The molecule has 0 saturated carbocycles. The molecule has 2 aromatic rings. The van der Waals surface area contributed by atoms with Crippen LogP contribution in [0.15, 0.2) is 30.6 Å². The van der Waals surface area contributed by atoms with Gasteiger partial charge in [0.15, 0.2) is 0 Å². The van der Waals surface area contributed by atoms with Gasteiger partial charge >= 0.3 is 0 Å². The summed E-state index contributed by atoms with van der Waals surface area (Å²) >= 11 is 0.